The summed E-state index contributed by atoms with van der Waals surface area (Å²) >= 11 is 0. The number of carbonyl (C=O) groups is 1. The topological polar surface area (TPSA) is 71.0 Å². The summed E-state index contributed by atoms with van der Waals surface area (Å²) in [6.07, 6.45) is 5.51. The van der Waals surface area contributed by atoms with Gasteiger partial charge in [0.2, 0.25) is 0 Å². The third kappa shape index (κ3) is 5.01. The first kappa shape index (κ1) is 17.8. The van der Waals surface area contributed by atoms with E-state index in [-0.39, 0.29) is 5.91 Å². The molecule has 0 atom stereocenters. The van der Waals surface area contributed by atoms with Crippen molar-refractivity contribution in [2.45, 2.75) is 40.2 Å². The minimum Gasteiger partial charge on any atom is -0.357 e. The first-order chi connectivity index (χ1) is 11.6. The van der Waals surface area contributed by atoms with Gasteiger partial charge in [-0.2, -0.15) is 0 Å². The third-order valence-corrected chi connectivity index (χ3v) is 3.54. The maximum atomic E-state index is 12.4. The number of carbonyl (C=O) groups excluding carboxylic acids is 1. The van der Waals surface area contributed by atoms with Crippen LogP contribution in [0.15, 0.2) is 30.6 Å². The van der Waals surface area contributed by atoms with Gasteiger partial charge in [-0.3, -0.25) is 9.78 Å². The van der Waals surface area contributed by atoms with Crippen molar-refractivity contribution >= 4 is 11.7 Å². The number of aryl methyl sites for hydroxylation is 1. The fourth-order valence-electron chi connectivity index (χ4n) is 2.49. The van der Waals surface area contributed by atoms with Gasteiger partial charge >= 0.3 is 0 Å². The molecule has 128 valence electrons. The predicted octanol–water partition coefficient (Wildman–Crippen LogP) is 2.74. The zero-order valence-electron chi connectivity index (χ0n) is 14.6. The molecule has 2 aromatic heterocycles. The molecule has 0 bridgehead atoms. The number of amides is 1. The number of aromatic nitrogens is 3. The van der Waals surface area contributed by atoms with E-state index >= 15 is 0 Å². The number of rotatable bonds is 8. The fraction of sp³-hybridized carbons (Fsp3) is 0.444. The highest BCUT2D eigenvalue weighted by atomic mass is 16.1. The Morgan fingerprint density at radius 3 is 2.58 bits per heavy atom. The van der Waals surface area contributed by atoms with Gasteiger partial charge < -0.3 is 10.2 Å². The fourth-order valence-corrected chi connectivity index (χ4v) is 2.49. The van der Waals surface area contributed by atoms with Crippen LogP contribution >= 0.6 is 0 Å². The summed E-state index contributed by atoms with van der Waals surface area (Å²) in [5.41, 5.74) is 1.36. The summed E-state index contributed by atoms with van der Waals surface area (Å²) in [6, 6.07) is 5.55. The Morgan fingerprint density at radius 2 is 1.96 bits per heavy atom. The standard InChI is InChI=1S/C18H25N5O/c1-4-9-23(10-5-2)17-11-16(21-14(3)22-17)18(24)20-13-15-7-6-8-19-12-15/h6-8,11-12H,4-5,9-10,13H2,1-3H3,(H,20,24). The van der Waals surface area contributed by atoms with E-state index in [1.807, 2.05) is 19.1 Å². The monoisotopic (exact) mass is 327 g/mol. The van der Waals surface area contributed by atoms with Gasteiger partial charge in [-0.1, -0.05) is 19.9 Å². The van der Waals surface area contributed by atoms with Crippen LogP contribution in [0.2, 0.25) is 0 Å². The molecule has 0 saturated heterocycles. The summed E-state index contributed by atoms with van der Waals surface area (Å²) in [5.74, 6) is 1.23. The maximum absolute atomic E-state index is 12.4. The molecule has 2 rings (SSSR count). The molecule has 24 heavy (non-hydrogen) atoms. The van der Waals surface area contributed by atoms with Crippen molar-refractivity contribution in [2.24, 2.45) is 0 Å². The van der Waals surface area contributed by atoms with E-state index in [1.54, 1.807) is 18.5 Å². The third-order valence-electron chi connectivity index (χ3n) is 3.54. The summed E-state index contributed by atoms with van der Waals surface area (Å²) < 4.78 is 0. The van der Waals surface area contributed by atoms with Gasteiger partial charge in [0, 0.05) is 38.1 Å². The molecule has 1 N–H and O–H groups in total. The van der Waals surface area contributed by atoms with Gasteiger partial charge in [0.1, 0.15) is 17.3 Å². The highest BCUT2D eigenvalue weighted by Gasteiger charge is 2.14. The Labute approximate surface area is 143 Å². The van der Waals surface area contributed by atoms with E-state index in [4.69, 9.17) is 0 Å². The minimum atomic E-state index is -0.196. The van der Waals surface area contributed by atoms with Crippen LogP contribution in [0.1, 0.15) is 48.6 Å². The molecule has 0 radical (unpaired) electrons. The van der Waals surface area contributed by atoms with E-state index < -0.39 is 0 Å². The predicted molar refractivity (Wildman–Crippen MR) is 95.0 cm³/mol. The van der Waals surface area contributed by atoms with Crippen molar-refractivity contribution in [1.82, 2.24) is 20.3 Å². The molecule has 0 aromatic carbocycles. The molecular formula is C18H25N5O. The number of hydrogen-bond donors (Lipinski definition) is 1. The summed E-state index contributed by atoms with van der Waals surface area (Å²) in [4.78, 5) is 27.4. The molecule has 0 unspecified atom stereocenters. The summed E-state index contributed by atoms with van der Waals surface area (Å²) in [7, 11) is 0. The summed E-state index contributed by atoms with van der Waals surface area (Å²) in [5, 5.41) is 2.88. The average molecular weight is 327 g/mol. The molecule has 1 amide bonds. The quantitative estimate of drug-likeness (QED) is 0.807. The molecule has 6 nitrogen and oxygen atoms in total. The highest BCUT2D eigenvalue weighted by Crippen LogP contribution is 2.14. The Bertz CT molecular complexity index is 654. The molecule has 2 aromatic rings. The van der Waals surface area contributed by atoms with Gasteiger partial charge in [0.05, 0.1) is 0 Å². The smallest absolute Gasteiger partial charge is 0.270 e. The molecule has 0 saturated carbocycles. The van der Waals surface area contributed by atoms with Gasteiger partial charge in [0.15, 0.2) is 0 Å². The van der Waals surface area contributed by atoms with Crippen molar-refractivity contribution in [1.29, 1.82) is 0 Å². The maximum Gasteiger partial charge on any atom is 0.270 e. The van der Waals surface area contributed by atoms with E-state index in [0.717, 1.165) is 37.3 Å². The second-order valence-electron chi connectivity index (χ2n) is 5.69. The Morgan fingerprint density at radius 1 is 1.21 bits per heavy atom. The number of nitrogens with one attached hydrogen (secondary N) is 1. The van der Waals surface area contributed by atoms with Crippen LogP contribution in [-0.2, 0) is 6.54 Å². The highest BCUT2D eigenvalue weighted by molar-refractivity contribution is 5.92. The van der Waals surface area contributed by atoms with Crippen LogP contribution in [0.5, 0.6) is 0 Å². The molecule has 6 heteroatoms. The molecule has 0 fully saturated rings. The lowest BCUT2D eigenvalue weighted by molar-refractivity contribution is 0.0945. The van der Waals surface area contributed by atoms with E-state index in [0.29, 0.717) is 18.1 Å². The first-order valence-corrected chi connectivity index (χ1v) is 8.41. The lowest BCUT2D eigenvalue weighted by Gasteiger charge is -2.23. The average Bonchev–Trinajstić information content (AvgIpc) is 2.60. The van der Waals surface area contributed by atoms with Crippen LogP contribution in [0.4, 0.5) is 5.82 Å². The molecule has 2 heterocycles. The van der Waals surface area contributed by atoms with Gasteiger partial charge in [-0.15, -0.1) is 0 Å². The molecule has 0 aliphatic rings. The van der Waals surface area contributed by atoms with Gasteiger partial charge in [0.25, 0.3) is 5.91 Å². The second-order valence-corrected chi connectivity index (χ2v) is 5.69. The first-order valence-electron chi connectivity index (χ1n) is 8.41. The van der Waals surface area contributed by atoms with Crippen LogP contribution in [-0.4, -0.2) is 33.9 Å². The summed E-state index contributed by atoms with van der Waals surface area (Å²) in [6.45, 7) is 8.36. The lowest BCUT2D eigenvalue weighted by Crippen LogP contribution is -2.28. The number of anilines is 1. The molecule has 0 aliphatic heterocycles. The number of hydrogen-bond acceptors (Lipinski definition) is 5. The molecule has 0 spiro atoms. The van der Waals surface area contributed by atoms with Crippen LogP contribution in [0.25, 0.3) is 0 Å². The van der Waals surface area contributed by atoms with Gasteiger partial charge in [-0.25, -0.2) is 9.97 Å². The second kappa shape index (κ2) is 8.96. The van der Waals surface area contributed by atoms with Crippen molar-refractivity contribution in [3.8, 4) is 0 Å². The van der Waals surface area contributed by atoms with Crippen molar-refractivity contribution in [3.05, 3.63) is 47.7 Å². The SMILES string of the molecule is CCCN(CCC)c1cc(C(=O)NCc2cccnc2)nc(C)n1. The normalized spacial score (nSPS) is 10.5. The Kier molecular flexibility index (Phi) is 6.66. The number of pyridine rings is 1. The van der Waals surface area contributed by atoms with Crippen LogP contribution in [0, 0.1) is 6.92 Å². The largest absolute Gasteiger partial charge is 0.357 e. The minimum absolute atomic E-state index is 0.196. The van der Waals surface area contributed by atoms with E-state index in [2.05, 4.69) is 39.0 Å². The molecule has 0 aliphatic carbocycles. The lowest BCUT2D eigenvalue weighted by atomic mass is 10.2. The van der Waals surface area contributed by atoms with E-state index in [9.17, 15) is 4.79 Å². The molecular weight excluding hydrogens is 302 g/mol. The van der Waals surface area contributed by atoms with E-state index in [1.165, 1.54) is 0 Å². The Hall–Kier alpha value is -2.50. The van der Waals surface area contributed by atoms with Crippen molar-refractivity contribution in [2.75, 3.05) is 18.0 Å². The van der Waals surface area contributed by atoms with Crippen LogP contribution < -0.4 is 10.2 Å². The Balaban J connectivity index is 2.12. The number of nitrogens with zero attached hydrogens (tertiary/aromatic N) is 4. The zero-order valence-corrected chi connectivity index (χ0v) is 14.6. The zero-order chi connectivity index (χ0) is 17.4. The van der Waals surface area contributed by atoms with Crippen LogP contribution in [0.3, 0.4) is 0 Å². The van der Waals surface area contributed by atoms with Gasteiger partial charge in [-0.05, 0) is 31.4 Å². The van der Waals surface area contributed by atoms with Crippen molar-refractivity contribution in [3.63, 3.8) is 0 Å². The van der Waals surface area contributed by atoms with Crippen molar-refractivity contribution < 1.29 is 4.79 Å².